The molecule has 0 saturated carbocycles. The summed E-state index contributed by atoms with van der Waals surface area (Å²) < 4.78 is 15.5. The number of fused-ring (bicyclic) bond motifs is 1. The number of anilines is 1. The van der Waals surface area contributed by atoms with Crippen LogP contribution < -0.4 is 11.1 Å². The number of benzene rings is 1. The van der Waals surface area contributed by atoms with Crippen molar-refractivity contribution >= 4 is 17.4 Å². The lowest BCUT2D eigenvalue weighted by Gasteiger charge is -2.19. The molecule has 0 radical (unpaired) electrons. The smallest absolute Gasteiger partial charge is 0.237 e. The average molecular weight is 460 g/mol. The summed E-state index contributed by atoms with van der Waals surface area (Å²) in [6, 6.07) is 9.76. The van der Waals surface area contributed by atoms with Crippen molar-refractivity contribution in [3.05, 3.63) is 66.0 Å². The average Bonchev–Trinajstić information content (AvgIpc) is 3.43. The third kappa shape index (κ3) is 4.10. The molecule has 1 fully saturated rings. The minimum Gasteiger partial charge on any atom is -0.382 e. The predicted molar refractivity (Wildman–Crippen MR) is 128 cm³/mol. The molecule has 5 rings (SSSR count). The van der Waals surface area contributed by atoms with Crippen LogP contribution in [0.4, 0.5) is 10.2 Å². The van der Waals surface area contributed by atoms with E-state index in [-0.39, 0.29) is 30.1 Å². The van der Waals surface area contributed by atoms with Crippen LogP contribution in [0, 0.1) is 12.7 Å². The van der Waals surface area contributed by atoms with Crippen molar-refractivity contribution in [2.24, 2.45) is 0 Å². The molecule has 1 aliphatic rings. The van der Waals surface area contributed by atoms with Gasteiger partial charge in [-0.15, -0.1) is 0 Å². The first-order valence-corrected chi connectivity index (χ1v) is 11.2. The van der Waals surface area contributed by atoms with E-state index in [4.69, 9.17) is 10.7 Å². The van der Waals surface area contributed by atoms with Gasteiger partial charge < -0.3 is 15.5 Å². The molecule has 3 N–H and O–H groups in total. The second kappa shape index (κ2) is 8.83. The number of nitrogens with one attached hydrogen (secondary N) is 1. The van der Waals surface area contributed by atoms with Crippen molar-refractivity contribution in [2.75, 3.05) is 19.3 Å². The Hall–Kier alpha value is -3.85. The number of hydrogen-bond donors (Lipinski definition) is 2. The molecule has 34 heavy (non-hydrogen) atoms. The maximum atomic E-state index is 13.6. The monoisotopic (exact) mass is 459 g/mol. The predicted octanol–water partition coefficient (Wildman–Crippen LogP) is 3.20. The lowest BCUT2D eigenvalue weighted by Crippen LogP contribution is -2.41. The maximum absolute atomic E-state index is 13.6. The Labute approximate surface area is 196 Å². The molecule has 174 valence electrons. The Bertz CT molecular complexity index is 1370. The van der Waals surface area contributed by atoms with Crippen LogP contribution in [0.25, 0.3) is 28.2 Å². The quantitative estimate of drug-likeness (QED) is 0.475. The van der Waals surface area contributed by atoms with Crippen molar-refractivity contribution < 1.29 is 9.18 Å². The van der Waals surface area contributed by atoms with Crippen molar-refractivity contribution in [1.82, 2.24) is 29.6 Å². The summed E-state index contributed by atoms with van der Waals surface area (Å²) >= 11 is 0. The van der Waals surface area contributed by atoms with E-state index in [2.05, 4.69) is 20.2 Å². The van der Waals surface area contributed by atoms with E-state index in [1.807, 2.05) is 36.7 Å². The largest absolute Gasteiger partial charge is 0.382 e. The summed E-state index contributed by atoms with van der Waals surface area (Å²) in [7, 11) is 1.95. The van der Waals surface area contributed by atoms with E-state index in [1.54, 1.807) is 18.3 Å². The number of carbonyl (C=O) groups is 1. The molecule has 1 amide bonds. The lowest BCUT2D eigenvalue weighted by atomic mass is 10.0. The number of halogens is 1. The first-order chi connectivity index (χ1) is 16.4. The highest BCUT2D eigenvalue weighted by Crippen LogP contribution is 2.31. The third-order valence-corrected chi connectivity index (χ3v) is 6.33. The molecular formula is C25H26FN7O. The van der Waals surface area contributed by atoms with Crippen molar-refractivity contribution in [3.8, 4) is 22.5 Å². The fraction of sp³-hybridized carbons (Fsp3) is 0.280. The number of aromatic nitrogens is 4. The summed E-state index contributed by atoms with van der Waals surface area (Å²) in [6.07, 6.45) is 5.59. The van der Waals surface area contributed by atoms with Crippen LogP contribution in [-0.2, 0) is 11.3 Å². The highest BCUT2D eigenvalue weighted by molar-refractivity contribution is 5.82. The summed E-state index contributed by atoms with van der Waals surface area (Å²) in [5.41, 5.74) is 11.2. The van der Waals surface area contributed by atoms with Crippen LogP contribution >= 0.6 is 0 Å². The topological polar surface area (TPSA) is 101 Å². The summed E-state index contributed by atoms with van der Waals surface area (Å²) in [5, 5.41) is 2.96. The van der Waals surface area contributed by atoms with E-state index in [1.165, 1.54) is 12.1 Å². The van der Waals surface area contributed by atoms with Crippen LogP contribution in [0.1, 0.15) is 24.2 Å². The molecule has 1 atom stereocenters. The van der Waals surface area contributed by atoms with Crippen LogP contribution in [0.15, 0.2) is 48.8 Å². The van der Waals surface area contributed by atoms with Crippen molar-refractivity contribution in [1.29, 1.82) is 0 Å². The van der Waals surface area contributed by atoms with E-state index in [0.29, 0.717) is 22.6 Å². The van der Waals surface area contributed by atoms with Crippen LogP contribution in [0.5, 0.6) is 0 Å². The van der Waals surface area contributed by atoms with Gasteiger partial charge in [0.15, 0.2) is 0 Å². The van der Waals surface area contributed by atoms with Gasteiger partial charge in [0.25, 0.3) is 0 Å². The molecule has 8 nitrogen and oxygen atoms in total. The Morgan fingerprint density at radius 3 is 2.62 bits per heavy atom. The number of imidazole rings is 1. The fourth-order valence-electron chi connectivity index (χ4n) is 4.40. The second-order valence-electron chi connectivity index (χ2n) is 8.66. The van der Waals surface area contributed by atoms with E-state index >= 15 is 0 Å². The number of likely N-dealkylation sites (tertiary alicyclic amines) is 1. The van der Waals surface area contributed by atoms with E-state index < -0.39 is 0 Å². The highest BCUT2D eigenvalue weighted by atomic mass is 19.1. The SMILES string of the molecule is Cc1cnc2ccc(-c3nc(CNC(=O)[C@H]4CCCN4C)c(N)nc3-c3ccc(F)cc3)cn12. The first-order valence-electron chi connectivity index (χ1n) is 11.2. The van der Waals surface area contributed by atoms with Crippen molar-refractivity contribution in [3.63, 3.8) is 0 Å². The number of pyridine rings is 1. The normalized spacial score (nSPS) is 16.3. The third-order valence-electron chi connectivity index (χ3n) is 6.33. The van der Waals surface area contributed by atoms with Gasteiger partial charge in [-0.3, -0.25) is 9.69 Å². The van der Waals surface area contributed by atoms with Gasteiger partial charge in [-0.2, -0.15) is 0 Å². The summed E-state index contributed by atoms with van der Waals surface area (Å²) in [6.45, 7) is 3.05. The molecule has 1 saturated heterocycles. The van der Waals surface area contributed by atoms with Gasteiger partial charge in [0.1, 0.15) is 23.0 Å². The number of nitrogens with zero attached hydrogens (tertiary/aromatic N) is 5. The number of likely N-dealkylation sites (N-methyl/N-ethyl adjacent to an activating group) is 1. The number of amides is 1. The standard InChI is InChI=1S/C25H26FN7O/c1-15-12-28-21-10-7-17(14-33(15)21)23-22(16-5-8-18(26)9-6-16)31-24(27)19(30-23)13-29-25(34)20-4-3-11-32(20)2/h5-10,12,14,20H,3-4,11,13H2,1-2H3,(H2,27,31)(H,29,34)/t20-/m1/s1. The Kier molecular flexibility index (Phi) is 5.70. The molecule has 0 aliphatic carbocycles. The van der Waals surface area contributed by atoms with Crippen molar-refractivity contribution in [2.45, 2.75) is 32.4 Å². The highest BCUT2D eigenvalue weighted by Gasteiger charge is 2.27. The van der Waals surface area contributed by atoms with Gasteiger partial charge in [-0.05, 0) is 69.8 Å². The summed E-state index contributed by atoms with van der Waals surface area (Å²) in [4.78, 5) is 28.6. The molecule has 0 unspecified atom stereocenters. The van der Waals surface area contributed by atoms with Gasteiger partial charge in [0, 0.05) is 29.2 Å². The van der Waals surface area contributed by atoms with E-state index in [9.17, 15) is 9.18 Å². The molecule has 4 heterocycles. The zero-order chi connectivity index (χ0) is 23.8. The molecule has 1 aliphatic heterocycles. The van der Waals surface area contributed by atoms with E-state index in [0.717, 1.165) is 36.3 Å². The lowest BCUT2D eigenvalue weighted by molar-refractivity contribution is -0.125. The minimum absolute atomic E-state index is 0.0409. The number of aryl methyl sites for hydroxylation is 1. The second-order valence-corrected chi connectivity index (χ2v) is 8.66. The number of nitrogen functional groups attached to an aromatic ring is 1. The fourth-order valence-corrected chi connectivity index (χ4v) is 4.40. The maximum Gasteiger partial charge on any atom is 0.237 e. The zero-order valence-corrected chi connectivity index (χ0v) is 19.1. The Morgan fingerprint density at radius 1 is 1.15 bits per heavy atom. The van der Waals surface area contributed by atoms with Gasteiger partial charge in [0.05, 0.1) is 24.0 Å². The van der Waals surface area contributed by atoms with Gasteiger partial charge >= 0.3 is 0 Å². The van der Waals surface area contributed by atoms with Crippen LogP contribution in [-0.4, -0.2) is 49.8 Å². The van der Waals surface area contributed by atoms with Gasteiger partial charge in [-0.25, -0.2) is 19.3 Å². The van der Waals surface area contributed by atoms with Gasteiger partial charge in [0.2, 0.25) is 5.91 Å². The minimum atomic E-state index is -0.335. The molecule has 0 bridgehead atoms. The number of carbonyl (C=O) groups excluding carboxylic acids is 1. The molecular weight excluding hydrogens is 433 g/mol. The molecule has 3 aromatic heterocycles. The number of nitrogens with two attached hydrogens (primary N) is 1. The first kappa shape index (κ1) is 22.0. The Balaban J connectivity index is 1.55. The molecule has 9 heteroatoms. The molecule has 0 spiro atoms. The summed E-state index contributed by atoms with van der Waals surface area (Å²) in [5.74, 6) is -0.151. The van der Waals surface area contributed by atoms with Crippen LogP contribution in [0.3, 0.4) is 0 Å². The Morgan fingerprint density at radius 2 is 1.88 bits per heavy atom. The number of rotatable bonds is 5. The number of hydrogen-bond acceptors (Lipinski definition) is 6. The molecule has 4 aromatic rings. The van der Waals surface area contributed by atoms with Gasteiger partial charge in [-0.1, -0.05) is 0 Å². The van der Waals surface area contributed by atoms with Crippen LogP contribution in [0.2, 0.25) is 0 Å². The molecule has 1 aromatic carbocycles. The zero-order valence-electron chi connectivity index (χ0n) is 19.1.